The average Bonchev–Trinajstić information content (AvgIpc) is 3.27. The van der Waals surface area contributed by atoms with Crippen molar-refractivity contribution in [3.05, 3.63) is 35.4 Å². The SMILES string of the molecule is CCCN1N=C(C(=O)N[C@H]2C[C@H]3CC[C@]2(C)C3(C)C)CC1c1cccc(C(F)(F)F)c1. The zero-order valence-corrected chi connectivity index (χ0v) is 18.7. The number of nitrogens with one attached hydrogen (secondary N) is 1. The van der Waals surface area contributed by atoms with Crippen LogP contribution in [-0.2, 0) is 11.0 Å². The molecule has 0 radical (unpaired) electrons. The molecule has 4 rings (SSSR count). The van der Waals surface area contributed by atoms with Crippen molar-refractivity contribution in [2.45, 2.75) is 78.1 Å². The number of carbonyl (C=O) groups is 1. The van der Waals surface area contributed by atoms with Gasteiger partial charge in [-0.2, -0.15) is 18.3 Å². The third-order valence-corrected chi connectivity index (χ3v) is 8.41. The van der Waals surface area contributed by atoms with Crippen LogP contribution in [-0.4, -0.2) is 29.2 Å². The van der Waals surface area contributed by atoms with Crippen molar-refractivity contribution >= 4 is 11.6 Å². The quantitative estimate of drug-likeness (QED) is 0.659. The van der Waals surface area contributed by atoms with Gasteiger partial charge in [0.15, 0.2) is 0 Å². The smallest absolute Gasteiger partial charge is 0.348 e. The van der Waals surface area contributed by atoms with Crippen LogP contribution in [0.25, 0.3) is 0 Å². The normalized spacial score (nSPS) is 31.8. The van der Waals surface area contributed by atoms with Gasteiger partial charge >= 0.3 is 6.18 Å². The highest BCUT2D eigenvalue weighted by atomic mass is 19.4. The Kier molecular flexibility index (Phi) is 5.38. The van der Waals surface area contributed by atoms with Crippen molar-refractivity contribution in [1.29, 1.82) is 0 Å². The zero-order chi connectivity index (χ0) is 22.6. The Hall–Kier alpha value is -2.05. The van der Waals surface area contributed by atoms with E-state index in [9.17, 15) is 18.0 Å². The molecule has 2 saturated carbocycles. The summed E-state index contributed by atoms with van der Waals surface area (Å²) in [4.78, 5) is 13.1. The fourth-order valence-corrected chi connectivity index (χ4v) is 6.00. The van der Waals surface area contributed by atoms with Crippen LogP contribution in [0.1, 0.15) is 77.0 Å². The average molecular weight is 436 g/mol. The van der Waals surface area contributed by atoms with E-state index < -0.39 is 11.7 Å². The summed E-state index contributed by atoms with van der Waals surface area (Å²) in [6, 6.07) is 5.15. The van der Waals surface area contributed by atoms with Crippen molar-refractivity contribution < 1.29 is 18.0 Å². The minimum Gasteiger partial charge on any atom is -0.348 e. The molecular formula is C24H32F3N3O. The number of hydrazone groups is 1. The monoisotopic (exact) mass is 435 g/mol. The fraction of sp³-hybridized carbons (Fsp3) is 0.667. The zero-order valence-electron chi connectivity index (χ0n) is 18.7. The molecule has 4 atom stereocenters. The second-order valence-corrected chi connectivity index (χ2v) is 10.2. The fourth-order valence-electron chi connectivity index (χ4n) is 6.00. The Balaban J connectivity index is 1.51. The Bertz CT molecular complexity index is 894. The molecule has 0 saturated heterocycles. The number of alkyl halides is 3. The summed E-state index contributed by atoms with van der Waals surface area (Å²) in [5, 5.41) is 9.56. The third kappa shape index (κ3) is 3.64. The van der Waals surface area contributed by atoms with Crippen LogP contribution in [0, 0.1) is 16.7 Å². The summed E-state index contributed by atoms with van der Waals surface area (Å²) in [7, 11) is 0. The van der Waals surface area contributed by atoms with E-state index in [0.717, 1.165) is 25.3 Å². The molecule has 170 valence electrons. The predicted octanol–water partition coefficient (Wildman–Crippen LogP) is 5.55. The van der Waals surface area contributed by atoms with Gasteiger partial charge in [0, 0.05) is 19.0 Å². The van der Waals surface area contributed by atoms with E-state index >= 15 is 0 Å². The Labute approximate surface area is 182 Å². The molecule has 2 aliphatic carbocycles. The Morgan fingerprint density at radius 1 is 1.29 bits per heavy atom. The van der Waals surface area contributed by atoms with E-state index in [-0.39, 0.29) is 28.8 Å². The maximum Gasteiger partial charge on any atom is 0.416 e. The summed E-state index contributed by atoms with van der Waals surface area (Å²) in [5.74, 6) is 0.438. The Morgan fingerprint density at radius 3 is 2.61 bits per heavy atom. The number of benzene rings is 1. The van der Waals surface area contributed by atoms with Gasteiger partial charge in [-0.15, -0.1) is 0 Å². The lowest BCUT2D eigenvalue weighted by Crippen LogP contribution is -2.48. The van der Waals surface area contributed by atoms with Crippen LogP contribution in [0.3, 0.4) is 0 Å². The Morgan fingerprint density at radius 2 is 2.03 bits per heavy atom. The first-order chi connectivity index (χ1) is 14.5. The third-order valence-electron chi connectivity index (χ3n) is 8.41. The second-order valence-electron chi connectivity index (χ2n) is 10.2. The largest absolute Gasteiger partial charge is 0.416 e. The molecule has 4 nitrogen and oxygen atoms in total. The number of hydrogen-bond acceptors (Lipinski definition) is 3. The summed E-state index contributed by atoms with van der Waals surface area (Å²) in [6.45, 7) is 9.46. The molecule has 0 aromatic heterocycles. The highest BCUT2D eigenvalue weighted by Crippen LogP contribution is 2.65. The molecule has 3 aliphatic rings. The molecule has 1 amide bonds. The molecule has 31 heavy (non-hydrogen) atoms. The highest BCUT2D eigenvalue weighted by molar-refractivity contribution is 6.39. The van der Waals surface area contributed by atoms with Crippen LogP contribution < -0.4 is 5.32 Å². The van der Waals surface area contributed by atoms with E-state index in [4.69, 9.17) is 0 Å². The van der Waals surface area contributed by atoms with E-state index in [2.05, 4.69) is 31.2 Å². The van der Waals surface area contributed by atoms with Crippen molar-refractivity contribution in [1.82, 2.24) is 10.3 Å². The number of nitrogens with zero attached hydrogens (tertiary/aromatic N) is 2. The lowest BCUT2D eigenvalue weighted by molar-refractivity contribution is -0.137. The molecule has 1 heterocycles. The molecule has 1 N–H and O–H groups in total. The highest BCUT2D eigenvalue weighted by Gasteiger charge is 2.61. The molecule has 2 bridgehead atoms. The second kappa shape index (κ2) is 7.52. The first-order valence-electron chi connectivity index (χ1n) is 11.3. The topological polar surface area (TPSA) is 44.7 Å². The lowest BCUT2D eigenvalue weighted by atomic mass is 9.69. The molecule has 1 aromatic rings. The van der Waals surface area contributed by atoms with Crippen LogP contribution in [0.2, 0.25) is 0 Å². The van der Waals surface area contributed by atoms with Crippen LogP contribution in [0.5, 0.6) is 0 Å². The number of fused-ring (bicyclic) bond motifs is 2. The van der Waals surface area contributed by atoms with Crippen molar-refractivity contribution in [2.24, 2.45) is 21.8 Å². The van der Waals surface area contributed by atoms with Gasteiger partial charge < -0.3 is 5.32 Å². The number of hydrogen-bond donors (Lipinski definition) is 1. The summed E-state index contributed by atoms with van der Waals surface area (Å²) >= 11 is 0. The molecule has 1 aliphatic heterocycles. The minimum atomic E-state index is -4.39. The van der Waals surface area contributed by atoms with Gasteiger partial charge in [-0.1, -0.05) is 39.8 Å². The molecule has 0 spiro atoms. The summed E-state index contributed by atoms with van der Waals surface area (Å²) in [6.07, 6.45) is 0.0248. The standard InChI is InChI=1S/C24H32F3N3O/c1-5-11-30-19(15-7-6-8-17(12-15)24(25,26)27)14-18(29-30)21(31)28-20-13-16-9-10-23(20,4)22(16,2)3/h6-8,12,16,19-20H,5,9-11,13-14H2,1-4H3,(H,28,31)/t16-,19?,20+,23+/m1/s1. The van der Waals surface area contributed by atoms with Crippen molar-refractivity contribution in [3.8, 4) is 0 Å². The van der Waals surface area contributed by atoms with Crippen LogP contribution in [0.4, 0.5) is 13.2 Å². The molecule has 1 unspecified atom stereocenters. The van der Waals surface area contributed by atoms with Gasteiger partial charge in [-0.3, -0.25) is 9.80 Å². The lowest BCUT2D eigenvalue weighted by Gasteiger charge is -2.39. The van der Waals surface area contributed by atoms with Gasteiger partial charge in [0.05, 0.1) is 11.6 Å². The minimum absolute atomic E-state index is 0.0655. The molecule has 1 aromatic carbocycles. The van der Waals surface area contributed by atoms with Gasteiger partial charge in [-0.05, 0) is 60.1 Å². The first-order valence-corrected chi connectivity index (χ1v) is 11.3. The maximum atomic E-state index is 13.2. The van der Waals surface area contributed by atoms with Gasteiger partial charge in [0.1, 0.15) is 5.71 Å². The van der Waals surface area contributed by atoms with Crippen LogP contribution >= 0.6 is 0 Å². The number of carbonyl (C=O) groups excluding carboxylic acids is 1. The summed E-state index contributed by atoms with van der Waals surface area (Å²) in [5.41, 5.74) is 0.548. The first kappa shape index (κ1) is 22.2. The van der Waals surface area contributed by atoms with Crippen molar-refractivity contribution in [3.63, 3.8) is 0 Å². The summed E-state index contributed by atoms with van der Waals surface area (Å²) < 4.78 is 39.6. The molecule has 2 fully saturated rings. The van der Waals surface area contributed by atoms with E-state index in [1.807, 2.05) is 6.92 Å². The van der Waals surface area contributed by atoms with Crippen molar-refractivity contribution in [2.75, 3.05) is 6.54 Å². The molecule has 7 heteroatoms. The maximum absolute atomic E-state index is 13.2. The van der Waals surface area contributed by atoms with Gasteiger partial charge in [0.25, 0.3) is 5.91 Å². The van der Waals surface area contributed by atoms with Gasteiger partial charge in [0.2, 0.25) is 0 Å². The molecular weight excluding hydrogens is 403 g/mol. The predicted molar refractivity (Wildman–Crippen MR) is 114 cm³/mol. The number of halogens is 3. The van der Waals surface area contributed by atoms with E-state index in [1.54, 1.807) is 11.1 Å². The van der Waals surface area contributed by atoms with Gasteiger partial charge in [-0.25, -0.2) is 0 Å². The number of rotatable bonds is 5. The number of amides is 1. The van der Waals surface area contributed by atoms with E-state index in [1.165, 1.54) is 18.6 Å². The van der Waals surface area contributed by atoms with E-state index in [0.29, 0.717) is 30.2 Å². The van der Waals surface area contributed by atoms with Crippen LogP contribution in [0.15, 0.2) is 29.4 Å².